The molecule has 19 heteroatoms. The number of aliphatic hydroxyl groups excluding tert-OH is 1. The summed E-state index contributed by atoms with van der Waals surface area (Å²) in [5, 5.41) is 10.6. The first kappa shape index (κ1) is 90.1. The molecule has 3 N–H and O–H groups in total. The van der Waals surface area contributed by atoms with Crippen LogP contribution < -0.4 is 0 Å². The van der Waals surface area contributed by atoms with Crippen LogP contribution in [0.15, 0.2) is 0 Å². The second-order valence-electron chi connectivity index (χ2n) is 26.6. The Morgan fingerprint density at radius 3 is 0.772 bits per heavy atom. The highest BCUT2D eigenvalue weighted by molar-refractivity contribution is 7.47. The molecule has 92 heavy (non-hydrogen) atoms. The molecule has 0 amide bonds. The third kappa shape index (κ3) is 65.4. The maximum Gasteiger partial charge on any atom is 0.472 e. The predicted octanol–water partition coefficient (Wildman–Crippen LogP) is 21.3. The van der Waals surface area contributed by atoms with Crippen molar-refractivity contribution in [2.24, 2.45) is 5.92 Å². The van der Waals surface area contributed by atoms with E-state index in [-0.39, 0.29) is 25.7 Å². The Hall–Kier alpha value is -1.94. The summed E-state index contributed by atoms with van der Waals surface area (Å²) in [5.41, 5.74) is 0. The predicted molar refractivity (Wildman–Crippen MR) is 372 cm³/mol. The maximum absolute atomic E-state index is 13.1. The van der Waals surface area contributed by atoms with E-state index in [9.17, 15) is 43.2 Å². The molecule has 0 saturated heterocycles. The molecule has 0 spiro atoms. The Morgan fingerprint density at radius 1 is 0.304 bits per heavy atom. The fourth-order valence-corrected chi connectivity index (χ4v) is 12.7. The fourth-order valence-electron chi connectivity index (χ4n) is 11.1. The average Bonchev–Trinajstić information content (AvgIpc) is 1.61. The van der Waals surface area contributed by atoms with Crippen molar-refractivity contribution in [1.82, 2.24) is 0 Å². The number of aliphatic hydroxyl groups is 1. The lowest BCUT2D eigenvalue weighted by Crippen LogP contribution is -2.30. The van der Waals surface area contributed by atoms with Gasteiger partial charge in [-0.05, 0) is 31.6 Å². The van der Waals surface area contributed by atoms with Crippen LogP contribution in [0.25, 0.3) is 0 Å². The summed E-state index contributed by atoms with van der Waals surface area (Å²) in [6.07, 6.45) is 53.9. The molecule has 17 nitrogen and oxygen atoms in total. The van der Waals surface area contributed by atoms with Gasteiger partial charge in [0, 0.05) is 25.7 Å². The molecule has 0 saturated carbocycles. The molecule has 0 aromatic carbocycles. The van der Waals surface area contributed by atoms with Gasteiger partial charge in [0.1, 0.15) is 19.3 Å². The first-order valence-corrected chi connectivity index (χ1v) is 41.2. The lowest BCUT2D eigenvalue weighted by molar-refractivity contribution is -0.161. The Balaban J connectivity index is 5.23. The van der Waals surface area contributed by atoms with Crippen molar-refractivity contribution in [3.8, 4) is 0 Å². The van der Waals surface area contributed by atoms with E-state index in [1.165, 1.54) is 205 Å². The molecule has 0 rings (SSSR count). The third-order valence-electron chi connectivity index (χ3n) is 17.4. The number of carbonyl (C=O) groups excluding carboxylic acids is 4. The van der Waals surface area contributed by atoms with E-state index >= 15 is 0 Å². The molecule has 3 unspecified atom stereocenters. The van der Waals surface area contributed by atoms with Crippen LogP contribution in [0.2, 0.25) is 0 Å². The van der Waals surface area contributed by atoms with Gasteiger partial charge in [-0.15, -0.1) is 0 Å². The Labute approximate surface area is 562 Å². The minimum atomic E-state index is -4.95. The smallest absolute Gasteiger partial charge is 0.462 e. The topological polar surface area (TPSA) is 237 Å². The minimum absolute atomic E-state index is 0.107. The fraction of sp³-hybridized carbons (Fsp3) is 0.945. The molecule has 0 aliphatic rings. The monoisotopic (exact) mass is 1350 g/mol. The molecule has 0 aromatic heterocycles. The first-order chi connectivity index (χ1) is 44.6. The highest BCUT2D eigenvalue weighted by Crippen LogP contribution is 2.45. The quantitative estimate of drug-likeness (QED) is 0.0222. The SMILES string of the molecule is CCCCCCCCCCCCCCCCCCCCC(=O)O[C@H](COC(=O)CCCCCCCCCCC(C)CC)COP(=O)(O)OC[C@@H](O)COP(=O)(O)OC[C@@H](COC(=O)CCCCCCCCCCCCC)OC(=O)CCCCCCCCCCCCC. The van der Waals surface area contributed by atoms with Crippen molar-refractivity contribution in [3.05, 3.63) is 0 Å². The van der Waals surface area contributed by atoms with E-state index in [1.807, 2.05) is 0 Å². The summed E-state index contributed by atoms with van der Waals surface area (Å²) in [5.74, 6) is -1.34. The lowest BCUT2D eigenvalue weighted by atomic mass is 9.99. The molecular formula is C73H142O17P2. The number of hydrogen-bond acceptors (Lipinski definition) is 15. The lowest BCUT2D eigenvalue weighted by Gasteiger charge is -2.21. The first-order valence-electron chi connectivity index (χ1n) is 38.2. The zero-order valence-electron chi connectivity index (χ0n) is 59.7. The second-order valence-corrected chi connectivity index (χ2v) is 29.5. The molecule has 0 heterocycles. The van der Waals surface area contributed by atoms with Crippen molar-refractivity contribution >= 4 is 39.5 Å². The number of unbranched alkanes of at least 4 members (excludes halogenated alkanes) is 44. The van der Waals surface area contributed by atoms with Crippen molar-refractivity contribution in [3.63, 3.8) is 0 Å². The van der Waals surface area contributed by atoms with Crippen LogP contribution in [0.1, 0.15) is 381 Å². The van der Waals surface area contributed by atoms with Crippen LogP contribution in [0.4, 0.5) is 0 Å². The Kier molecular flexibility index (Phi) is 64.9. The highest BCUT2D eigenvalue weighted by atomic mass is 31.2. The average molecular weight is 1350 g/mol. The zero-order chi connectivity index (χ0) is 67.7. The van der Waals surface area contributed by atoms with E-state index in [0.717, 1.165) is 95.8 Å². The van der Waals surface area contributed by atoms with Crippen LogP contribution in [0.5, 0.6) is 0 Å². The number of ether oxygens (including phenoxy) is 4. The summed E-state index contributed by atoms with van der Waals surface area (Å²) in [7, 11) is -9.90. The van der Waals surface area contributed by atoms with E-state index in [1.54, 1.807) is 0 Å². The number of hydrogen-bond donors (Lipinski definition) is 3. The number of rotatable bonds is 73. The molecule has 0 fully saturated rings. The molecule has 0 bridgehead atoms. The molecular weight excluding hydrogens is 1210 g/mol. The van der Waals surface area contributed by atoms with Gasteiger partial charge in [-0.1, -0.05) is 330 Å². The van der Waals surface area contributed by atoms with Crippen LogP contribution >= 0.6 is 15.6 Å². The van der Waals surface area contributed by atoms with Gasteiger partial charge >= 0.3 is 39.5 Å². The van der Waals surface area contributed by atoms with Gasteiger partial charge in [-0.25, -0.2) is 9.13 Å². The molecule has 6 atom stereocenters. The van der Waals surface area contributed by atoms with Gasteiger partial charge in [0.15, 0.2) is 12.2 Å². The van der Waals surface area contributed by atoms with E-state index in [4.69, 9.17) is 37.0 Å². The van der Waals surface area contributed by atoms with E-state index < -0.39 is 97.5 Å². The van der Waals surface area contributed by atoms with Gasteiger partial charge < -0.3 is 33.8 Å². The zero-order valence-corrected chi connectivity index (χ0v) is 61.5. The minimum Gasteiger partial charge on any atom is -0.462 e. The Morgan fingerprint density at radius 2 is 0.522 bits per heavy atom. The number of phosphoric acid groups is 2. The largest absolute Gasteiger partial charge is 0.472 e. The van der Waals surface area contributed by atoms with Gasteiger partial charge in [0.05, 0.1) is 26.4 Å². The number of esters is 4. The van der Waals surface area contributed by atoms with Crippen molar-refractivity contribution in [2.45, 2.75) is 400 Å². The van der Waals surface area contributed by atoms with Crippen LogP contribution in [-0.4, -0.2) is 96.7 Å². The van der Waals surface area contributed by atoms with Crippen LogP contribution in [0.3, 0.4) is 0 Å². The van der Waals surface area contributed by atoms with Gasteiger partial charge in [0.2, 0.25) is 0 Å². The Bertz CT molecular complexity index is 1770. The summed E-state index contributed by atoms with van der Waals surface area (Å²) < 4.78 is 68.4. The summed E-state index contributed by atoms with van der Waals surface area (Å²) in [6, 6.07) is 0. The van der Waals surface area contributed by atoms with Crippen molar-refractivity contribution in [1.29, 1.82) is 0 Å². The summed E-state index contributed by atoms with van der Waals surface area (Å²) >= 11 is 0. The highest BCUT2D eigenvalue weighted by Gasteiger charge is 2.30. The molecule has 0 radical (unpaired) electrons. The van der Waals surface area contributed by atoms with Crippen molar-refractivity contribution in [2.75, 3.05) is 39.6 Å². The van der Waals surface area contributed by atoms with E-state index in [2.05, 4.69) is 34.6 Å². The van der Waals surface area contributed by atoms with Crippen LogP contribution in [-0.2, 0) is 65.4 Å². The van der Waals surface area contributed by atoms with E-state index in [0.29, 0.717) is 25.7 Å². The molecule has 0 aliphatic carbocycles. The number of phosphoric ester groups is 2. The normalized spacial score (nSPS) is 14.3. The van der Waals surface area contributed by atoms with Gasteiger partial charge in [-0.3, -0.25) is 37.3 Å². The maximum atomic E-state index is 13.1. The van der Waals surface area contributed by atoms with Gasteiger partial charge in [0.25, 0.3) is 0 Å². The summed E-state index contributed by atoms with van der Waals surface area (Å²) in [4.78, 5) is 72.7. The third-order valence-corrected chi connectivity index (χ3v) is 19.3. The molecule has 546 valence electrons. The van der Waals surface area contributed by atoms with Crippen molar-refractivity contribution < 1.29 is 80.2 Å². The standard InChI is InChI=1S/C73H142O17P2/c1-6-10-13-16-19-22-25-26-27-28-29-30-31-34-37-44-49-54-59-73(78)90-69(63-84-71(76)57-52-47-42-39-38-40-45-50-55-66(5)9-4)65-88-92(81,82)86-61-67(74)60-85-91(79,80)87-64-68(89-72(77)58-53-48-43-36-33-24-21-18-15-12-8-3)62-83-70(75)56-51-46-41-35-32-23-20-17-14-11-7-2/h66-69,74H,6-65H2,1-5H3,(H,79,80)(H,81,82)/t66?,67-,68+,69+/m0/s1. The molecule has 0 aromatic rings. The van der Waals surface area contributed by atoms with Gasteiger partial charge in [-0.2, -0.15) is 0 Å². The molecule has 0 aliphatic heterocycles. The second kappa shape index (κ2) is 66.3. The summed E-state index contributed by atoms with van der Waals surface area (Å²) in [6.45, 7) is 7.27. The van der Waals surface area contributed by atoms with Crippen LogP contribution in [0, 0.1) is 5.92 Å². The number of carbonyl (C=O) groups is 4.